The number of rotatable bonds is 0. The van der Waals surface area contributed by atoms with Gasteiger partial charge in [-0.3, -0.25) is 4.79 Å². The second-order valence-corrected chi connectivity index (χ2v) is 16.7. The highest BCUT2D eigenvalue weighted by Crippen LogP contribution is 2.53. The van der Waals surface area contributed by atoms with E-state index in [9.17, 15) is 14.4 Å². The number of fused-ring (bicyclic) bond motifs is 4. The predicted octanol–water partition coefficient (Wildman–Crippen LogP) is 8.68. The van der Waals surface area contributed by atoms with Crippen LogP contribution < -0.4 is 0 Å². The Hall–Kier alpha value is -2.02. The maximum absolute atomic E-state index is 11.3. The molecule has 0 saturated heterocycles. The number of thioether (sulfide) groups is 4. The zero-order chi connectivity index (χ0) is 33.8. The lowest BCUT2D eigenvalue weighted by Crippen LogP contribution is -1.98. The first-order chi connectivity index (χ1) is 21.6. The first-order valence-electron chi connectivity index (χ1n) is 13.1. The molecule has 8 rings (SSSR count). The molecule has 8 aliphatic heterocycles. The minimum atomic E-state index is -0.492. The van der Waals surface area contributed by atoms with Crippen LogP contribution in [0.15, 0.2) is 88.2 Å². The number of thiocarbonyl (C=S) groups is 5. The van der Waals surface area contributed by atoms with Crippen LogP contribution in [0.2, 0.25) is 0 Å². The summed E-state index contributed by atoms with van der Waals surface area (Å²) in [5.74, 6) is 0.845. The van der Waals surface area contributed by atoms with Crippen LogP contribution >= 0.6 is 108 Å². The molecule has 7 nitrogen and oxygen atoms in total. The summed E-state index contributed by atoms with van der Waals surface area (Å²) >= 11 is 31.7. The third-order valence-electron chi connectivity index (χ3n) is 6.83. The third-order valence-corrected chi connectivity index (χ3v) is 14.4. The van der Waals surface area contributed by atoms with Gasteiger partial charge in [0.05, 0.1) is 24.7 Å². The van der Waals surface area contributed by atoms with E-state index < -0.39 is 11.9 Å². The van der Waals surface area contributed by atoms with Gasteiger partial charge in [0, 0.05) is 36.3 Å². The molecule has 236 valence electrons. The van der Waals surface area contributed by atoms with Crippen LogP contribution in [0.25, 0.3) is 0 Å². The molecule has 0 spiro atoms. The van der Waals surface area contributed by atoms with E-state index in [4.69, 9.17) is 70.6 Å². The van der Waals surface area contributed by atoms with E-state index in [1.165, 1.54) is 32.7 Å². The highest BCUT2D eigenvalue weighted by molar-refractivity contribution is 8.32. The number of esters is 2. The van der Waals surface area contributed by atoms with Gasteiger partial charge in [-0.25, -0.2) is 9.59 Å². The van der Waals surface area contributed by atoms with Crippen molar-refractivity contribution >= 4 is 148 Å². The lowest BCUT2D eigenvalue weighted by molar-refractivity contribution is -0.132. The molecule has 0 saturated carbocycles. The highest BCUT2D eigenvalue weighted by atomic mass is 32.2. The largest absolute Gasteiger partial charge is 0.441 e. The van der Waals surface area contributed by atoms with Crippen molar-refractivity contribution < 1.29 is 33.3 Å². The number of ether oxygens (including phenoxy) is 4. The number of hydrogen-bond donors (Lipinski definition) is 0. The molecule has 46 heavy (non-hydrogen) atoms. The van der Waals surface area contributed by atoms with Crippen LogP contribution in [-0.2, 0) is 33.3 Å². The number of carbonyl (C=O) groups excluding carboxylic acids is 3. The quantitative estimate of drug-likeness (QED) is 0.173. The Kier molecular flexibility index (Phi) is 10.6. The Labute approximate surface area is 308 Å². The van der Waals surface area contributed by atoms with Crippen molar-refractivity contribution in [2.45, 2.75) is 41.5 Å². The van der Waals surface area contributed by atoms with Gasteiger partial charge in [0.25, 0.3) is 0 Å². The van der Waals surface area contributed by atoms with Crippen LogP contribution in [-0.4, -0.2) is 39.7 Å². The molecule has 0 aromatic rings. The molecular formula is C30H20O7S9. The van der Waals surface area contributed by atoms with Crippen molar-refractivity contribution in [1.82, 2.24) is 0 Å². The van der Waals surface area contributed by atoms with E-state index in [1.807, 2.05) is 27.7 Å². The Balaban J connectivity index is 0.000000121. The summed E-state index contributed by atoms with van der Waals surface area (Å²) in [5.41, 5.74) is 6.14. The second kappa shape index (κ2) is 13.8. The minimum Gasteiger partial charge on any atom is -0.441 e. The molecule has 8 heterocycles. The molecule has 16 heteroatoms. The van der Waals surface area contributed by atoms with E-state index in [1.54, 1.807) is 35.3 Å². The third kappa shape index (κ3) is 6.78. The Bertz CT molecular complexity index is 1620. The maximum Gasteiger partial charge on any atom is 0.340 e. The van der Waals surface area contributed by atoms with Gasteiger partial charge in [0.1, 0.15) is 0 Å². The molecule has 0 aromatic heterocycles. The van der Waals surface area contributed by atoms with Crippen LogP contribution in [0.5, 0.6) is 0 Å². The Morgan fingerprint density at radius 3 is 1.13 bits per heavy atom. The summed E-state index contributed by atoms with van der Waals surface area (Å²) in [6.07, 6.45) is 2.27. The first-order valence-corrected chi connectivity index (χ1v) is 18.4. The molecule has 0 atom stereocenters. The van der Waals surface area contributed by atoms with Crippen molar-refractivity contribution in [2.24, 2.45) is 0 Å². The predicted molar refractivity (Wildman–Crippen MR) is 205 cm³/mol. The molecular weight excluding hydrogens is 761 g/mol. The maximum atomic E-state index is 11.3. The van der Waals surface area contributed by atoms with Gasteiger partial charge >= 0.3 is 11.9 Å². The van der Waals surface area contributed by atoms with Crippen LogP contribution in [0, 0.1) is 0 Å². The monoisotopic (exact) mass is 780 g/mol. The fourth-order valence-corrected chi connectivity index (χ4v) is 10.2. The number of hydrogen-bond acceptors (Lipinski definition) is 16. The molecule has 0 unspecified atom stereocenters. The molecule has 8 aliphatic rings. The summed E-state index contributed by atoms with van der Waals surface area (Å²) in [4.78, 5) is 36.9. The van der Waals surface area contributed by atoms with Crippen molar-refractivity contribution in [1.29, 1.82) is 0 Å². The van der Waals surface area contributed by atoms with Gasteiger partial charge in [-0.2, -0.15) is 0 Å². The zero-order valence-corrected chi connectivity index (χ0v) is 32.0. The summed E-state index contributed by atoms with van der Waals surface area (Å²) in [6.45, 7) is 11.7. The normalized spacial score (nSPS) is 22.1. The van der Waals surface area contributed by atoms with Crippen molar-refractivity contribution in [3.05, 3.63) is 88.2 Å². The molecule has 0 radical (unpaired) electrons. The van der Waals surface area contributed by atoms with E-state index >= 15 is 0 Å². The SMILES string of the molecule is CC1=C2OC(=S)C(C)=C2OC1=S.CC1=C2SC(=S)C(C)=C2SC1=O.CC1=C2SC(=S)C(C)=C2SC1=S.O=C1C=C2OC(=O)C=C2O1. The lowest BCUT2D eigenvalue weighted by Gasteiger charge is -1.97. The first kappa shape index (κ1) is 35.3. The van der Waals surface area contributed by atoms with E-state index in [0.717, 1.165) is 56.8 Å². The minimum absolute atomic E-state index is 0.175. The van der Waals surface area contributed by atoms with Gasteiger partial charge in [-0.05, 0) is 94.5 Å². The topological polar surface area (TPSA) is 88.1 Å². The Morgan fingerprint density at radius 2 is 0.783 bits per heavy atom. The molecule has 0 fully saturated rings. The zero-order valence-electron chi connectivity index (χ0n) is 24.7. The standard InChI is InChI=1S/C8H6O2S2.C8H6OS3.C8H6S4.C6H2O4/c1-3-5-6(10-7(3)11)4(2)8(12)9-5;1-3-5-6(11-7(3)9)4(2)8(10)12-5;1-3-5-6(12-7(3)9)4(2)8(10)11-5;7-5-1-3-4(10-5)2-6(8)9-3/h3*1-2H3;1-2H. The van der Waals surface area contributed by atoms with Crippen molar-refractivity contribution in [2.75, 3.05) is 0 Å². The van der Waals surface area contributed by atoms with Crippen LogP contribution in [0.4, 0.5) is 0 Å². The van der Waals surface area contributed by atoms with Gasteiger partial charge in [0.2, 0.25) is 5.12 Å². The molecule has 0 N–H and O–H groups in total. The van der Waals surface area contributed by atoms with Gasteiger partial charge in [-0.15, -0.1) is 0 Å². The van der Waals surface area contributed by atoms with Crippen molar-refractivity contribution in [3.63, 3.8) is 0 Å². The summed E-state index contributed by atoms with van der Waals surface area (Å²) in [5, 5.41) is 1.15. The van der Waals surface area contributed by atoms with Crippen LogP contribution in [0.1, 0.15) is 41.5 Å². The molecule has 0 amide bonds. The van der Waals surface area contributed by atoms with Gasteiger partial charge in [0.15, 0.2) is 33.1 Å². The van der Waals surface area contributed by atoms with E-state index in [2.05, 4.69) is 23.3 Å². The highest BCUT2D eigenvalue weighted by Gasteiger charge is 2.36. The summed E-state index contributed by atoms with van der Waals surface area (Å²) in [7, 11) is 0. The molecule has 0 aliphatic carbocycles. The smallest absolute Gasteiger partial charge is 0.340 e. The van der Waals surface area contributed by atoms with E-state index in [-0.39, 0.29) is 16.6 Å². The van der Waals surface area contributed by atoms with Gasteiger partial charge in [-0.1, -0.05) is 71.9 Å². The fourth-order valence-electron chi connectivity index (χ4n) is 4.12. The molecule has 0 bridgehead atoms. The Morgan fingerprint density at radius 1 is 0.457 bits per heavy atom. The molecule has 0 aromatic carbocycles. The summed E-state index contributed by atoms with van der Waals surface area (Å²) < 4.78 is 22.6. The average molecular weight is 781 g/mol. The number of carbonyl (C=O) groups is 3. The summed E-state index contributed by atoms with van der Waals surface area (Å²) in [6, 6.07) is 0. The van der Waals surface area contributed by atoms with Gasteiger partial charge < -0.3 is 18.9 Å². The lowest BCUT2D eigenvalue weighted by atomic mass is 10.2. The fraction of sp³-hybridized carbons (Fsp3) is 0.200. The van der Waals surface area contributed by atoms with E-state index in [0.29, 0.717) is 21.6 Å². The van der Waals surface area contributed by atoms with Crippen LogP contribution in [0.3, 0.4) is 0 Å². The van der Waals surface area contributed by atoms with Crippen molar-refractivity contribution in [3.8, 4) is 0 Å². The second-order valence-electron chi connectivity index (χ2n) is 9.92. The average Bonchev–Trinajstić information content (AvgIpc) is 3.86.